The van der Waals surface area contributed by atoms with Crippen LogP contribution >= 0.6 is 7.92 Å². The number of hydrogen-bond acceptors (Lipinski definition) is 8. The molecule has 2 fully saturated rings. The Kier molecular flexibility index (Phi) is 27.2. The number of aliphatic imine (C=N–C) groups is 2. The maximum Gasteiger partial charge on any atom is 0.319 e. The highest BCUT2D eigenvalue weighted by molar-refractivity contribution is 7.73. The molecule has 0 saturated heterocycles. The number of benzene rings is 6. The molecule has 396 valence electrons. The van der Waals surface area contributed by atoms with E-state index < -0.39 is 0 Å². The van der Waals surface area contributed by atoms with E-state index in [0.717, 1.165) is 52.2 Å². The van der Waals surface area contributed by atoms with Crippen LogP contribution in [-0.2, 0) is 22.7 Å². The SMILES string of the molecule is CC(C)C1CCCC1P(c1ccccc1)c1ccccc1.CCO.Cc1ccc(CNC(=O)Nc2ccc(C)c(N=C=O)c2)cc1.Cc1ccc(CNC(=O)Nc2ccc(C)c(N=C=O)c2)cc1.NCC1CCCC1. The third-order valence-electron chi connectivity index (χ3n) is 13.0. The molecule has 12 nitrogen and oxygen atoms in total. The van der Waals surface area contributed by atoms with Crippen LogP contribution in [-0.4, -0.2) is 48.1 Å². The average molecular weight is 1030 g/mol. The molecule has 0 bridgehead atoms. The van der Waals surface area contributed by atoms with Gasteiger partial charge in [-0.1, -0.05) is 166 Å². The van der Waals surface area contributed by atoms with Crippen molar-refractivity contribution in [3.63, 3.8) is 0 Å². The summed E-state index contributed by atoms with van der Waals surface area (Å²) >= 11 is 0. The summed E-state index contributed by atoms with van der Waals surface area (Å²) in [4.78, 5) is 51.7. The average Bonchev–Trinajstić information content (AvgIpc) is 4.14. The number of aryl methyl sites for hydroxylation is 4. The fourth-order valence-electron chi connectivity index (χ4n) is 8.86. The molecule has 6 aromatic carbocycles. The molecule has 7 N–H and O–H groups in total. The van der Waals surface area contributed by atoms with Crippen molar-refractivity contribution in [2.24, 2.45) is 33.5 Å². The normalized spacial score (nSPS) is 14.3. The summed E-state index contributed by atoms with van der Waals surface area (Å²) in [5.74, 6) is 2.56. The van der Waals surface area contributed by atoms with E-state index in [1.807, 2.05) is 76.2 Å². The fourth-order valence-corrected chi connectivity index (χ4v) is 12.2. The van der Waals surface area contributed by atoms with Crippen LogP contribution in [0.3, 0.4) is 0 Å². The van der Waals surface area contributed by atoms with Crippen molar-refractivity contribution in [2.45, 2.75) is 112 Å². The van der Waals surface area contributed by atoms with Crippen LogP contribution in [0.15, 0.2) is 156 Å². The van der Waals surface area contributed by atoms with E-state index >= 15 is 0 Å². The Hall–Kier alpha value is -7.03. The highest BCUT2D eigenvalue weighted by Gasteiger charge is 2.36. The van der Waals surface area contributed by atoms with Gasteiger partial charge in [-0.05, 0) is 155 Å². The number of aliphatic hydroxyl groups excluding tert-OH is 1. The Labute approximate surface area is 446 Å². The number of urea groups is 2. The first-order valence-corrected chi connectivity index (χ1v) is 27.5. The van der Waals surface area contributed by atoms with E-state index in [2.05, 4.69) is 106 Å². The summed E-state index contributed by atoms with van der Waals surface area (Å²) in [6.07, 6.45) is 12.8. The summed E-state index contributed by atoms with van der Waals surface area (Å²) in [6, 6.07) is 48.0. The molecule has 13 heteroatoms. The molecule has 4 amide bonds. The second-order valence-corrected chi connectivity index (χ2v) is 21.6. The topological polar surface area (TPSA) is 187 Å². The van der Waals surface area contributed by atoms with Gasteiger partial charge in [-0.2, -0.15) is 9.98 Å². The number of isocyanates is 2. The molecule has 0 aromatic heterocycles. The van der Waals surface area contributed by atoms with Gasteiger partial charge in [0.25, 0.3) is 0 Å². The fraction of sp³-hybridized carbons (Fsp3) is 0.355. The molecule has 0 spiro atoms. The summed E-state index contributed by atoms with van der Waals surface area (Å²) in [5.41, 5.74) is 14.5. The first-order valence-electron chi connectivity index (χ1n) is 26.1. The van der Waals surface area contributed by atoms with E-state index in [9.17, 15) is 19.2 Å². The molecule has 0 aliphatic heterocycles. The van der Waals surface area contributed by atoms with Crippen LogP contribution in [0.1, 0.15) is 99.1 Å². The summed E-state index contributed by atoms with van der Waals surface area (Å²) < 4.78 is 0. The first kappa shape index (κ1) is 60.5. The lowest BCUT2D eigenvalue weighted by molar-refractivity contribution is 0.251. The molecule has 2 saturated carbocycles. The Morgan fingerprint density at radius 2 is 1.03 bits per heavy atom. The monoisotopic (exact) mass is 1030 g/mol. The zero-order valence-electron chi connectivity index (χ0n) is 44.9. The van der Waals surface area contributed by atoms with Gasteiger partial charge in [-0.25, -0.2) is 19.2 Å². The van der Waals surface area contributed by atoms with Gasteiger partial charge in [0.05, 0.1) is 11.4 Å². The van der Waals surface area contributed by atoms with Gasteiger partial charge in [-0.15, -0.1) is 0 Å². The van der Waals surface area contributed by atoms with Crippen LogP contribution in [0.5, 0.6) is 0 Å². The molecular formula is C62H78N7O5P. The standard InChI is InChI=1S/C20H25P.2C17H17N3O2.C6H13N.C2H6O/c1-16(2)19-14-9-15-20(19)21(17-10-5-3-6-11-17)18-12-7-4-8-13-18;2*1-12-3-6-14(7-4-12)10-18-17(22)20-15-8-5-13(2)16(9-15)19-11-21;7-5-6-3-1-2-4-6;1-2-3/h3-8,10-13,16,19-20H,9,14-15H2,1-2H3;2*3-9H,10H2,1-2H3,(H2,18,20,22);6H,1-5,7H2;3H,2H2,1H3. The Morgan fingerprint density at radius 1 is 0.613 bits per heavy atom. The largest absolute Gasteiger partial charge is 0.397 e. The predicted molar refractivity (Wildman–Crippen MR) is 311 cm³/mol. The van der Waals surface area contributed by atoms with Gasteiger partial charge in [0, 0.05) is 31.1 Å². The number of nitrogens with two attached hydrogens (primary N) is 1. The predicted octanol–water partition coefficient (Wildman–Crippen LogP) is 13.3. The van der Waals surface area contributed by atoms with Gasteiger partial charge in [0.2, 0.25) is 12.2 Å². The quantitative estimate of drug-likeness (QED) is 0.0379. The molecule has 0 heterocycles. The van der Waals surface area contributed by atoms with Crippen molar-refractivity contribution < 1.29 is 24.3 Å². The van der Waals surface area contributed by atoms with Gasteiger partial charge < -0.3 is 32.1 Å². The number of hydrogen-bond donors (Lipinski definition) is 6. The zero-order valence-corrected chi connectivity index (χ0v) is 45.8. The van der Waals surface area contributed by atoms with Crippen LogP contribution in [0.2, 0.25) is 0 Å². The highest BCUT2D eigenvalue weighted by Crippen LogP contribution is 2.52. The number of nitrogens with one attached hydrogen (secondary N) is 4. The van der Waals surface area contributed by atoms with E-state index in [-0.39, 0.29) is 26.6 Å². The molecule has 2 atom stereocenters. The number of rotatable bonds is 13. The van der Waals surface area contributed by atoms with Crippen LogP contribution in [0.25, 0.3) is 0 Å². The maximum absolute atomic E-state index is 11.9. The van der Waals surface area contributed by atoms with Crippen molar-refractivity contribution in [3.05, 3.63) is 179 Å². The van der Waals surface area contributed by atoms with Crippen molar-refractivity contribution >= 4 is 65.5 Å². The molecule has 2 aliphatic rings. The van der Waals surface area contributed by atoms with Gasteiger partial charge in [-0.3, -0.25) is 0 Å². The molecular weight excluding hydrogens is 954 g/mol. The number of nitrogens with zero attached hydrogens (tertiary/aromatic N) is 2. The van der Waals surface area contributed by atoms with Crippen molar-refractivity contribution in [3.8, 4) is 0 Å². The van der Waals surface area contributed by atoms with Crippen molar-refractivity contribution in [2.75, 3.05) is 23.8 Å². The third kappa shape index (κ3) is 21.8. The number of anilines is 2. The van der Waals surface area contributed by atoms with Crippen LogP contribution in [0.4, 0.5) is 32.3 Å². The lowest BCUT2D eigenvalue weighted by Gasteiger charge is -2.32. The lowest BCUT2D eigenvalue weighted by Crippen LogP contribution is -2.28. The smallest absolute Gasteiger partial charge is 0.319 e. The van der Waals surface area contributed by atoms with Crippen molar-refractivity contribution in [1.29, 1.82) is 0 Å². The maximum atomic E-state index is 11.9. The first-order chi connectivity index (χ1) is 36.3. The van der Waals surface area contributed by atoms with E-state index in [0.29, 0.717) is 35.8 Å². The number of carbonyl (C=O) groups excluding carboxylic acids is 4. The van der Waals surface area contributed by atoms with E-state index in [1.54, 1.807) is 53.9 Å². The summed E-state index contributed by atoms with van der Waals surface area (Å²) in [7, 11) is -0.224. The summed E-state index contributed by atoms with van der Waals surface area (Å²) in [5, 5.41) is 21.6. The van der Waals surface area contributed by atoms with Crippen molar-refractivity contribution in [1.82, 2.24) is 10.6 Å². The molecule has 6 aromatic rings. The minimum Gasteiger partial charge on any atom is -0.397 e. The number of aliphatic hydroxyl groups is 1. The van der Waals surface area contributed by atoms with Gasteiger partial charge in [0.1, 0.15) is 0 Å². The Morgan fingerprint density at radius 3 is 1.39 bits per heavy atom. The number of amides is 4. The number of carbonyl (C=O) groups is 2. The molecule has 2 unspecified atom stereocenters. The Bertz CT molecular complexity index is 2550. The van der Waals surface area contributed by atoms with Crippen LogP contribution < -0.4 is 37.6 Å². The van der Waals surface area contributed by atoms with Gasteiger partial charge in [0.15, 0.2) is 0 Å². The third-order valence-corrected chi connectivity index (χ3v) is 16.0. The van der Waals surface area contributed by atoms with E-state index in [4.69, 9.17) is 10.8 Å². The molecule has 75 heavy (non-hydrogen) atoms. The highest BCUT2D eigenvalue weighted by atomic mass is 31.1. The van der Waals surface area contributed by atoms with Gasteiger partial charge >= 0.3 is 12.1 Å². The lowest BCUT2D eigenvalue weighted by atomic mass is 9.94. The Balaban J connectivity index is 0.000000222. The van der Waals surface area contributed by atoms with E-state index in [1.165, 1.54) is 68.2 Å². The van der Waals surface area contributed by atoms with Crippen LogP contribution in [0, 0.1) is 45.4 Å². The second-order valence-electron chi connectivity index (χ2n) is 19.1. The molecule has 0 radical (unpaired) electrons. The molecule has 2 aliphatic carbocycles. The molecule has 8 rings (SSSR count). The second kappa shape index (κ2) is 33.7. The minimum absolute atomic E-state index is 0.224. The summed E-state index contributed by atoms with van der Waals surface area (Å²) in [6.45, 7) is 16.2. The zero-order chi connectivity index (χ0) is 54.4. The minimum atomic E-state index is -0.314.